The predicted molar refractivity (Wildman–Crippen MR) is 110 cm³/mol. The molecule has 0 spiro atoms. The van der Waals surface area contributed by atoms with E-state index in [4.69, 9.17) is 9.47 Å². The molecule has 10 heteroatoms. The quantitative estimate of drug-likeness (QED) is 0.197. The van der Waals surface area contributed by atoms with Crippen LogP contribution >= 0.6 is 0 Å². The first-order chi connectivity index (χ1) is 14.3. The highest BCUT2D eigenvalue weighted by Gasteiger charge is 2.15. The maximum atomic E-state index is 12.5. The number of aliphatic hydroxyl groups excluding tert-OH is 1. The number of rotatable bonds is 9. The van der Waals surface area contributed by atoms with Gasteiger partial charge in [0.2, 0.25) is 0 Å². The fourth-order valence-electron chi connectivity index (χ4n) is 2.29. The van der Waals surface area contributed by atoms with Crippen LogP contribution in [-0.2, 0) is 4.79 Å². The Morgan fingerprint density at radius 3 is 2.50 bits per heavy atom. The van der Waals surface area contributed by atoms with Gasteiger partial charge < -0.3 is 19.9 Å². The van der Waals surface area contributed by atoms with Crippen molar-refractivity contribution in [2.45, 2.75) is 20.3 Å². The summed E-state index contributed by atoms with van der Waals surface area (Å²) in [5, 5.41) is 31.0. The molecule has 10 nitrogen and oxygen atoms in total. The first-order valence-corrected chi connectivity index (χ1v) is 9.04. The minimum atomic E-state index is -0.679. The molecule has 0 aliphatic carbocycles. The van der Waals surface area contributed by atoms with E-state index in [1.165, 1.54) is 32.2 Å². The van der Waals surface area contributed by atoms with Crippen LogP contribution in [0.2, 0.25) is 0 Å². The molecule has 0 saturated carbocycles. The number of methoxy groups -OCH3 is 1. The summed E-state index contributed by atoms with van der Waals surface area (Å²) in [4.78, 5) is 22.8. The van der Waals surface area contributed by atoms with Crippen LogP contribution < -0.4 is 14.8 Å². The summed E-state index contributed by atoms with van der Waals surface area (Å²) < 4.78 is 10.6. The molecular weight excluding hydrogens is 392 g/mol. The van der Waals surface area contributed by atoms with Gasteiger partial charge in [0.15, 0.2) is 11.4 Å². The minimum Gasteiger partial charge on any atom is -0.510 e. The van der Waals surface area contributed by atoms with Gasteiger partial charge in [-0.2, -0.15) is 0 Å². The SMILES string of the molecule is CCCOc1ccc(NC(=O)C(N=Nc2ccc([N+](=O)[O-])cc2OC)=C(C)O)cc1. The number of benzene rings is 2. The van der Waals surface area contributed by atoms with Crippen LogP contribution in [0.5, 0.6) is 11.5 Å². The lowest BCUT2D eigenvalue weighted by Gasteiger charge is -2.08. The van der Waals surface area contributed by atoms with Crippen LogP contribution in [0.1, 0.15) is 20.3 Å². The van der Waals surface area contributed by atoms with Gasteiger partial charge in [0.05, 0.1) is 24.7 Å². The standard InChI is InChI=1S/C20H22N4O6/c1-4-11-30-16-8-5-14(6-9-16)21-20(26)19(13(2)25)23-22-17-10-7-15(24(27)28)12-18(17)29-3/h5-10,12,25H,4,11H2,1-3H3,(H,21,26). The number of carbonyl (C=O) groups is 1. The number of amides is 1. The van der Waals surface area contributed by atoms with Gasteiger partial charge in [-0.1, -0.05) is 6.92 Å². The van der Waals surface area contributed by atoms with Gasteiger partial charge in [0.25, 0.3) is 11.6 Å². The van der Waals surface area contributed by atoms with Crippen LogP contribution in [0, 0.1) is 10.1 Å². The number of nitrogens with zero attached hydrogens (tertiary/aromatic N) is 3. The van der Waals surface area contributed by atoms with Crippen molar-refractivity contribution >= 4 is 23.0 Å². The fourth-order valence-corrected chi connectivity index (χ4v) is 2.29. The third-order valence-electron chi connectivity index (χ3n) is 3.77. The van der Waals surface area contributed by atoms with Gasteiger partial charge >= 0.3 is 0 Å². The number of nitro groups is 1. The normalized spacial score (nSPS) is 11.7. The molecule has 0 aliphatic heterocycles. The Hall–Kier alpha value is -3.95. The Morgan fingerprint density at radius 2 is 1.93 bits per heavy atom. The van der Waals surface area contributed by atoms with Gasteiger partial charge in [0.1, 0.15) is 17.2 Å². The minimum absolute atomic E-state index is 0.103. The number of non-ortho nitro benzene ring substituents is 1. The van der Waals surface area contributed by atoms with Crippen LogP contribution in [0.15, 0.2) is 64.1 Å². The number of hydrogen-bond acceptors (Lipinski definition) is 8. The molecule has 0 radical (unpaired) electrons. The highest BCUT2D eigenvalue weighted by atomic mass is 16.6. The molecule has 0 unspecified atom stereocenters. The van der Waals surface area contributed by atoms with Crippen molar-refractivity contribution < 1.29 is 24.3 Å². The van der Waals surface area contributed by atoms with Crippen molar-refractivity contribution in [1.82, 2.24) is 0 Å². The summed E-state index contributed by atoms with van der Waals surface area (Å²) in [5.41, 5.74) is 0.142. The molecular formula is C20H22N4O6. The lowest BCUT2D eigenvalue weighted by atomic mass is 10.2. The van der Waals surface area contributed by atoms with Crippen molar-refractivity contribution in [3.63, 3.8) is 0 Å². The second-order valence-electron chi connectivity index (χ2n) is 6.07. The molecule has 158 valence electrons. The van der Waals surface area contributed by atoms with Gasteiger partial charge in [-0.15, -0.1) is 10.2 Å². The van der Waals surface area contributed by atoms with Gasteiger partial charge in [0, 0.05) is 11.8 Å². The topological polar surface area (TPSA) is 136 Å². The van der Waals surface area contributed by atoms with E-state index in [0.717, 1.165) is 6.42 Å². The lowest BCUT2D eigenvalue weighted by Crippen LogP contribution is -2.14. The van der Waals surface area contributed by atoms with Crippen molar-refractivity contribution in [1.29, 1.82) is 0 Å². The number of anilines is 1. The molecule has 0 aromatic heterocycles. The van der Waals surface area contributed by atoms with Gasteiger partial charge in [-0.05, 0) is 43.7 Å². The highest BCUT2D eigenvalue weighted by Crippen LogP contribution is 2.32. The van der Waals surface area contributed by atoms with Crippen molar-refractivity contribution in [3.05, 3.63) is 64.0 Å². The Labute approximate surface area is 173 Å². The Kier molecular flexibility index (Phi) is 7.86. The Balaban J connectivity index is 2.17. The number of carbonyl (C=O) groups excluding carboxylic acids is 1. The van der Waals surface area contributed by atoms with E-state index < -0.39 is 10.8 Å². The number of hydrogen-bond donors (Lipinski definition) is 2. The summed E-state index contributed by atoms with van der Waals surface area (Å²) in [6.07, 6.45) is 0.882. The number of aliphatic hydroxyl groups is 1. The van der Waals surface area contributed by atoms with E-state index in [1.54, 1.807) is 24.3 Å². The smallest absolute Gasteiger partial charge is 0.279 e. The summed E-state index contributed by atoms with van der Waals surface area (Å²) >= 11 is 0. The van der Waals surface area contributed by atoms with Crippen molar-refractivity contribution in [3.8, 4) is 11.5 Å². The van der Waals surface area contributed by atoms with Crippen LogP contribution in [0.3, 0.4) is 0 Å². The zero-order valence-electron chi connectivity index (χ0n) is 16.8. The monoisotopic (exact) mass is 414 g/mol. The van der Waals surface area contributed by atoms with Crippen molar-refractivity contribution in [2.75, 3.05) is 19.0 Å². The molecule has 0 fully saturated rings. The second kappa shape index (κ2) is 10.6. The summed E-state index contributed by atoms with van der Waals surface area (Å²) in [6, 6.07) is 10.5. The second-order valence-corrected chi connectivity index (χ2v) is 6.07. The average molecular weight is 414 g/mol. The molecule has 1 amide bonds. The molecule has 0 atom stereocenters. The molecule has 2 aromatic rings. The maximum Gasteiger partial charge on any atom is 0.279 e. The first-order valence-electron chi connectivity index (χ1n) is 9.04. The summed E-state index contributed by atoms with van der Waals surface area (Å²) in [5.74, 6) is -0.248. The van der Waals surface area contributed by atoms with E-state index in [1.807, 2.05) is 6.92 Å². The van der Waals surface area contributed by atoms with E-state index in [9.17, 15) is 20.0 Å². The molecule has 2 aromatic carbocycles. The lowest BCUT2D eigenvalue weighted by molar-refractivity contribution is -0.384. The third kappa shape index (κ3) is 6.03. The number of allylic oxidation sites excluding steroid dienone is 1. The molecule has 0 aliphatic rings. The largest absolute Gasteiger partial charge is 0.510 e. The maximum absolute atomic E-state index is 12.5. The van der Waals surface area contributed by atoms with E-state index in [2.05, 4.69) is 15.5 Å². The zero-order chi connectivity index (χ0) is 22.1. The third-order valence-corrected chi connectivity index (χ3v) is 3.77. The Morgan fingerprint density at radius 1 is 1.23 bits per heavy atom. The van der Waals surface area contributed by atoms with Gasteiger partial charge in [-0.3, -0.25) is 14.9 Å². The Bertz CT molecular complexity index is 966. The summed E-state index contributed by atoms with van der Waals surface area (Å²) in [6.45, 7) is 3.89. The molecule has 0 bridgehead atoms. The van der Waals surface area contributed by atoms with E-state index >= 15 is 0 Å². The van der Waals surface area contributed by atoms with Crippen molar-refractivity contribution in [2.24, 2.45) is 10.2 Å². The zero-order valence-corrected chi connectivity index (χ0v) is 16.8. The average Bonchev–Trinajstić information content (AvgIpc) is 2.73. The van der Waals surface area contributed by atoms with Crippen LogP contribution in [0.4, 0.5) is 17.1 Å². The number of azo groups is 1. The van der Waals surface area contributed by atoms with E-state index in [-0.39, 0.29) is 28.6 Å². The van der Waals surface area contributed by atoms with Crippen LogP contribution in [-0.4, -0.2) is 29.7 Å². The summed E-state index contributed by atoms with van der Waals surface area (Å²) in [7, 11) is 1.33. The highest BCUT2D eigenvalue weighted by molar-refractivity contribution is 6.03. The van der Waals surface area contributed by atoms with Crippen LogP contribution in [0.25, 0.3) is 0 Å². The van der Waals surface area contributed by atoms with Gasteiger partial charge in [-0.25, -0.2) is 0 Å². The number of ether oxygens (including phenoxy) is 2. The van der Waals surface area contributed by atoms with E-state index in [0.29, 0.717) is 18.0 Å². The molecule has 2 N–H and O–H groups in total. The molecule has 30 heavy (non-hydrogen) atoms. The molecule has 0 saturated heterocycles. The first kappa shape index (κ1) is 22.3. The number of nitro benzene ring substituents is 1. The fraction of sp³-hybridized carbons (Fsp3) is 0.250. The predicted octanol–water partition coefficient (Wildman–Crippen LogP) is 4.90. The number of nitrogens with one attached hydrogen (secondary N) is 1. The molecule has 0 heterocycles. The molecule has 2 rings (SSSR count).